The molecule has 1 aliphatic rings. The maximum absolute atomic E-state index is 13.6. The maximum Gasteiger partial charge on any atom is 0.295 e. The smallest absolute Gasteiger partial charge is 0.295 e. The molecule has 5 rings (SSSR count). The van der Waals surface area contributed by atoms with Gasteiger partial charge in [-0.3, -0.25) is 14.2 Å². The Morgan fingerprint density at radius 2 is 1.94 bits per heavy atom. The van der Waals surface area contributed by atoms with Crippen molar-refractivity contribution in [3.05, 3.63) is 94.7 Å². The van der Waals surface area contributed by atoms with Crippen molar-refractivity contribution < 1.29 is 9.18 Å². The number of fused-ring (bicyclic) bond motifs is 1. The summed E-state index contributed by atoms with van der Waals surface area (Å²) >= 11 is 0. The van der Waals surface area contributed by atoms with Gasteiger partial charge in [0.2, 0.25) is 5.91 Å². The average Bonchev–Trinajstić information content (AvgIpc) is 2.86. The molecule has 4 aromatic rings. The van der Waals surface area contributed by atoms with E-state index in [1.807, 2.05) is 41.3 Å². The van der Waals surface area contributed by atoms with E-state index in [1.165, 1.54) is 12.1 Å². The van der Waals surface area contributed by atoms with Crippen molar-refractivity contribution in [2.75, 3.05) is 23.3 Å². The number of amides is 1. The SMILES string of the molecule is O=C(Nc1cccc(F)c1)[C@H]1CCCN(c2nc3cccnc3n(Cc3ccccc3)c2=O)C1. The zero-order valence-corrected chi connectivity index (χ0v) is 18.5. The van der Waals surface area contributed by atoms with Crippen molar-refractivity contribution >= 4 is 28.6 Å². The fraction of sp³-hybridized carbons (Fsp3) is 0.231. The Bertz CT molecular complexity index is 1390. The van der Waals surface area contributed by atoms with Gasteiger partial charge in [-0.25, -0.2) is 14.4 Å². The molecule has 1 atom stereocenters. The Morgan fingerprint density at radius 3 is 2.76 bits per heavy atom. The highest BCUT2D eigenvalue weighted by Crippen LogP contribution is 2.23. The largest absolute Gasteiger partial charge is 0.351 e. The Labute approximate surface area is 195 Å². The summed E-state index contributed by atoms with van der Waals surface area (Å²) in [5.41, 5.74) is 2.32. The minimum atomic E-state index is -0.406. The lowest BCUT2D eigenvalue weighted by Crippen LogP contribution is -2.44. The molecule has 1 N–H and O–H groups in total. The standard InChI is InChI=1S/C26H24FN5O2/c27-20-10-4-11-21(15-20)29-25(33)19-9-6-14-31(17-19)24-26(34)32(16-18-7-2-1-3-8-18)23-22(30-24)12-5-13-28-23/h1-5,7-8,10-13,15,19H,6,9,14,16-17H2,(H,29,33)/t19-/m0/s1. The second-order valence-corrected chi connectivity index (χ2v) is 8.44. The van der Waals surface area contributed by atoms with Crippen molar-refractivity contribution in [2.45, 2.75) is 19.4 Å². The van der Waals surface area contributed by atoms with Gasteiger partial charge >= 0.3 is 0 Å². The highest BCUT2D eigenvalue weighted by atomic mass is 19.1. The summed E-state index contributed by atoms with van der Waals surface area (Å²) in [5.74, 6) is -0.622. The minimum Gasteiger partial charge on any atom is -0.351 e. The van der Waals surface area contributed by atoms with Crippen LogP contribution in [0.25, 0.3) is 11.2 Å². The van der Waals surface area contributed by atoms with Crippen molar-refractivity contribution in [1.29, 1.82) is 0 Å². The van der Waals surface area contributed by atoms with E-state index in [4.69, 9.17) is 0 Å². The zero-order valence-electron chi connectivity index (χ0n) is 18.5. The van der Waals surface area contributed by atoms with Gasteiger partial charge in [-0.05, 0) is 48.7 Å². The number of pyridine rings is 1. The number of piperidine rings is 1. The third kappa shape index (κ3) is 4.52. The molecule has 1 aliphatic heterocycles. The van der Waals surface area contributed by atoms with E-state index in [2.05, 4.69) is 15.3 Å². The van der Waals surface area contributed by atoms with Crippen LogP contribution in [0.4, 0.5) is 15.9 Å². The Hall–Kier alpha value is -4.07. The highest BCUT2D eigenvalue weighted by molar-refractivity contribution is 5.93. The number of rotatable bonds is 5. The van der Waals surface area contributed by atoms with E-state index in [0.717, 1.165) is 12.0 Å². The number of anilines is 2. The number of nitrogens with one attached hydrogen (secondary N) is 1. The Morgan fingerprint density at radius 1 is 1.09 bits per heavy atom. The number of carbonyl (C=O) groups excluding carboxylic acids is 1. The van der Waals surface area contributed by atoms with E-state index < -0.39 is 5.82 Å². The highest BCUT2D eigenvalue weighted by Gasteiger charge is 2.29. The molecule has 8 heteroatoms. The molecule has 0 spiro atoms. The Kier molecular flexibility index (Phi) is 6.03. The van der Waals surface area contributed by atoms with Crippen molar-refractivity contribution in [3.8, 4) is 0 Å². The van der Waals surface area contributed by atoms with Gasteiger partial charge < -0.3 is 10.2 Å². The number of hydrogen-bond acceptors (Lipinski definition) is 5. The van der Waals surface area contributed by atoms with Crippen LogP contribution < -0.4 is 15.8 Å². The quantitative estimate of drug-likeness (QED) is 0.493. The van der Waals surface area contributed by atoms with Crippen LogP contribution in [0.2, 0.25) is 0 Å². The van der Waals surface area contributed by atoms with Gasteiger partial charge in [-0.2, -0.15) is 0 Å². The van der Waals surface area contributed by atoms with Crippen LogP contribution in [-0.2, 0) is 11.3 Å². The summed E-state index contributed by atoms with van der Waals surface area (Å²) in [7, 11) is 0. The van der Waals surface area contributed by atoms with Gasteiger partial charge in [-0.1, -0.05) is 36.4 Å². The lowest BCUT2D eigenvalue weighted by atomic mass is 9.97. The topological polar surface area (TPSA) is 80.1 Å². The molecule has 0 radical (unpaired) electrons. The summed E-state index contributed by atoms with van der Waals surface area (Å²) in [6, 6.07) is 19.2. The second kappa shape index (κ2) is 9.43. The van der Waals surface area contributed by atoms with E-state index in [-0.39, 0.29) is 17.4 Å². The third-order valence-electron chi connectivity index (χ3n) is 6.05. The van der Waals surface area contributed by atoms with Crippen molar-refractivity contribution in [1.82, 2.24) is 14.5 Å². The van der Waals surface area contributed by atoms with Gasteiger partial charge in [-0.15, -0.1) is 0 Å². The normalized spacial score (nSPS) is 15.9. The zero-order chi connectivity index (χ0) is 23.5. The molecule has 1 amide bonds. The summed E-state index contributed by atoms with van der Waals surface area (Å²) in [5, 5.41) is 2.79. The first kappa shape index (κ1) is 21.8. The summed E-state index contributed by atoms with van der Waals surface area (Å²) in [6.45, 7) is 1.36. The average molecular weight is 458 g/mol. The predicted molar refractivity (Wildman–Crippen MR) is 129 cm³/mol. The monoisotopic (exact) mass is 457 g/mol. The first-order valence-electron chi connectivity index (χ1n) is 11.3. The van der Waals surface area contributed by atoms with Gasteiger partial charge in [0.25, 0.3) is 5.56 Å². The second-order valence-electron chi connectivity index (χ2n) is 8.44. The molecular weight excluding hydrogens is 433 g/mol. The molecule has 1 saturated heterocycles. The molecule has 0 saturated carbocycles. The molecular formula is C26H24FN5O2. The number of carbonyl (C=O) groups is 1. The molecule has 7 nitrogen and oxygen atoms in total. The van der Waals surface area contributed by atoms with Crippen LogP contribution in [0.3, 0.4) is 0 Å². The lowest BCUT2D eigenvalue weighted by molar-refractivity contribution is -0.120. The number of halogens is 1. The number of benzene rings is 2. The molecule has 3 heterocycles. The van der Waals surface area contributed by atoms with Gasteiger partial charge in [0, 0.05) is 25.0 Å². The van der Waals surface area contributed by atoms with Crippen molar-refractivity contribution in [3.63, 3.8) is 0 Å². The van der Waals surface area contributed by atoms with Crippen LogP contribution >= 0.6 is 0 Å². The fourth-order valence-electron chi connectivity index (χ4n) is 4.38. The Balaban J connectivity index is 1.44. The molecule has 1 fully saturated rings. The number of hydrogen-bond donors (Lipinski definition) is 1. The van der Waals surface area contributed by atoms with E-state index in [9.17, 15) is 14.0 Å². The van der Waals surface area contributed by atoms with Gasteiger partial charge in [0.05, 0.1) is 12.5 Å². The van der Waals surface area contributed by atoms with E-state index >= 15 is 0 Å². The van der Waals surface area contributed by atoms with Crippen molar-refractivity contribution in [2.24, 2.45) is 5.92 Å². The molecule has 0 unspecified atom stereocenters. The van der Waals surface area contributed by atoms with Crippen LogP contribution in [0.1, 0.15) is 18.4 Å². The summed E-state index contributed by atoms with van der Waals surface area (Å²) < 4.78 is 15.1. The number of aromatic nitrogens is 3. The fourth-order valence-corrected chi connectivity index (χ4v) is 4.38. The summed E-state index contributed by atoms with van der Waals surface area (Å²) in [6.07, 6.45) is 3.08. The minimum absolute atomic E-state index is 0.192. The third-order valence-corrected chi connectivity index (χ3v) is 6.05. The maximum atomic E-state index is 13.6. The molecule has 0 bridgehead atoms. The molecule has 172 valence electrons. The molecule has 2 aromatic carbocycles. The van der Waals surface area contributed by atoms with E-state index in [0.29, 0.717) is 48.7 Å². The van der Waals surface area contributed by atoms with Crippen LogP contribution in [0, 0.1) is 11.7 Å². The van der Waals surface area contributed by atoms with Gasteiger partial charge in [0.15, 0.2) is 11.5 Å². The predicted octanol–water partition coefficient (Wildman–Crippen LogP) is 3.83. The first-order valence-corrected chi connectivity index (χ1v) is 11.3. The molecule has 34 heavy (non-hydrogen) atoms. The van der Waals surface area contributed by atoms with Gasteiger partial charge in [0.1, 0.15) is 11.3 Å². The summed E-state index contributed by atoms with van der Waals surface area (Å²) in [4.78, 5) is 37.4. The lowest BCUT2D eigenvalue weighted by Gasteiger charge is -2.32. The van der Waals surface area contributed by atoms with Crippen LogP contribution in [-0.4, -0.2) is 33.5 Å². The van der Waals surface area contributed by atoms with Crippen LogP contribution in [0.15, 0.2) is 77.7 Å². The van der Waals surface area contributed by atoms with Crippen LogP contribution in [0.5, 0.6) is 0 Å². The molecule has 0 aliphatic carbocycles. The van der Waals surface area contributed by atoms with E-state index in [1.54, 1.807) is 29.0 Å². The first-order chi connectivity index (χ1) is 16.6. The number of nitrogens with zero attached hydrogens (tertiary/aromatic N) is 4. The molecule has 2 aromatic heterocycles.